The van der Waals surface area contributed by atoms with Crippen LogP contribution in [0.2, 0.25) is 20.9 Å². The van der Waals surface area contributed by atoms with Crippen LogP contribution in [0.3, 0.4) is 0 Å². The number of halogens is 6. The minimum absolute atomic E-state index is 0.000000000000000444. The molecule has 0 bridgehead atoms. The van der Waals surface area contributed by atoms with Gasteiger partial charge in [0.2, 0.25) is 15.9 Å². The van der Waals surface area contributed by atoms with Gasteiger partial charge in [-0.25, -0.2) is 0 Å². The fraction of sp³-hybridized carbons (Fsp3) is 0.286. The molecule has 1 aromatic heterocycles. The van der Waals surface area contributed by atoms with Crippen molar-refractivity contribution in [3.8, 4) is 11.8 Å². The van der Waals surface area contributed by atoms with Gasteiger partial charge in [-0.2, -0.15) is 20.2 Å². The Hall–Kier alpha value is -0.550. The first-order valence-corrected chi connectivity index (χ1v) is 9.36. The van der Waals surface area contributed by atoms with E-state index in [0.717, 1.165) is 5.56 Å². The van der Waals surface area contributed by atoms with Gasteiger partial charge < -0.3 is 4.74 Å². The molecular formula is C14H10BrCl5N4O. The number of ether oxygens (including phenoxy) is 1. The van der Waals surface area contributed by atoms with Crippen LogP contribution in [-0.4, -0.2) is 21.6 Å². The molecule has 0 spiro atoms. The van der Waals surface area contributed by atoms with Gasteiger partial charge in [-0.1, -0.05) is 11.6 Å². The van der Waals surface area contributed by atoms with Crippen LogP contribution >= 0.6 is 73.9 Å². The Kier molecular flexibility index (Phi) is 9.50. The monoisotopic (exact) mass is 504 g/mol. The van der Waals surface area contributed by atoms with E-state index in [-0.39, 0.29) is 21.2 Å². The summed E-state index contributed by atoms with van der Waals surface area (Å²) in [6.07, 6.45) is 0. The number of nitriles is 1. The molecule has 0 saturated heterocycles. The van der Waals surface area contributed by atoms with Crippen LogP contribution in [-0.2, 0) is 0 Å². The van der Waals surface area contributed by atoms with Crippen LogP contribution in [0.1, 0.15) is 30.4 Å². The fourth-order valence-corrected chi connectivity index (χ4v) is 3.40. The molecule has 0 aliphatic carbocycles. The van der Waals surface area contributed by atoms with Crippen molar-refractivity contribution in [1.82, 2.24) is 15.0 Å². The lowest BCUT2D eigenvalue weighted by Gasteiger charge is -2.15. The molecule has 1 aromatic carbocycles. The minimum Gasteiger partial charge on any atom is -0.492 e. The number of alkyl halides is 1. The summed E-state index contributed by atoms with van der Waals surface area (Å²) in [5.74, 6) is 0.589. The van der Waals surface area contributed by atoms with Gasteiger partial charge in [0.15, 0.2) is 0 Å². The van der Waals surface area contributed by atoms with Crippen molar-refractivity contribution in [3.05, 3.63) is 42.5 Å². The summed E-state index contributed by atoms with van der Waals surface area (Å²) in [7, 11) is 0. The predicted molar refractivity (Wildman–Crippen MR) is 104 cm³/mol. The van der Waals surface area contributed by atoms with Gasteiger partial charge in [-0.3, -0.25) is 0 Å². The molecule has 0 aliphatic heterocycles. The Morgan fingerprint density at radius 3 is 2.00 bits per heavy atom. The first kappa shape index (κ1) is 22.5. The second-order valence-electron chi connectivity index (χ2n) is 4.27. The van der Waals surface area contributed by atoms with Gasteiger partial charge in [-0.05, 0) is 70.6 Å². The van der Waals surface area contributed by atoms with Gasteiger partial charge in [0.05, 0.1) is 27.0 Å². The van der Waals surface area contributed by atoms with Gasteiger partial charge in [0, 0.05) is 5.56 Å². The summed E-state index contributed by atoms with van der Waals surface area (Å²) < 4.78 is 6.05. The average molecular weight is 507 g/mol. The van der Waals surface area contributed by atoms with Gasteiger partial charge in [0.25, 0.3) is 0 Å². The van der Waals surface area contributed by atoms with E-state index in [4.69, 9.17) is 68.0 Å². The number of aromatic nitrogens is 3. The van der Waals surface area contributed by atoms with Gasteiger partial charge in [-0.15, -0.1) is 11.6 Å². The minimum atomic E-state index is -0.233. The fourth-order valence-electron chi connectivity index (χ4n) is 1.61. The first-order valence-electron chi connectivity index (χ1n) is 6.62. The molecule has 1 atom stereocenters. The smallest absolute Gasteiger partial charge is 0.227 e. The maximum absolute atomic E-state index is 8.97. The second kappa shape index (κ2) is 10.6. The van der Waals surface area contributed by atoms with Crippen molar-refractivity contribution in [2.75, 3.05) is 6.61 Å². The van der Waals surface area contributed by atoms with E-state index in [1.165, 1.54) is 0 Å². The second-order valence-corrected chi connectivity index (χ2v) is 7.14. The summed E-state index contributed by atoms with van der Waals surface area (Å²) in [5.41, 5.74) is 1.14. The van der Waals surface area contributed by atoms with Crippen molar-refractivity contribution in [3.63, 3.8) is 0 Å². The molecule has 0 fully saturated rings. The Labute approximate surface area is 178 Å². The molecule has 0 aliphatic rings. The number of benzene rings is 1. The number of rotatable bonds is 3. The van der Waals surface area contributed by atoms with E-state index in [1.54, 1.807) is 6.07 Å². The van der Waals surface area contributed by atoms with Crippen molar-refractivity contribution in [1.29, 1.82) is 5.26 Å². The summed E-state index contributed by atoms with van der Waals surface area (Å²) in [6, 6.07) is 3.70. The van der Waals surface area contributed by atoms with Crippen LogP contribution in [0.4, 0.5) is 0 Å². The van der Waals surface area contributed by atoms with Crippen molar-refractivity contribution in [2.24, 2.45) is 0 Å². The summed E-state index contributed by atoms with van der Waals surface area (Å²) in [4.78, 5) is 10.4. The highest BCUT2D eigenvalue weighted by Gasteiger charge is 2.19. The van der Waals surface area contributed by atoms with Crippen LogP contribution in [0.5, 0.6) is 5.75 Å². The third-order valence-electron chi connectivity index (χ3n) is 2.58. The topological polar surface area (TPSA) is 71.7 Å². The SMILES string of the molecule is CCOc1c(C(C)Cl)cc(Cl)c(C#N)c1Br.Clc1nc(Cl)nc(Cl)n1. The quantitative estimate of drug-likeness (QED) is 0.444. The molecule has 0 N–H and O–H groups in total. The molecule has 0 saturated carbocycles. The van der Waals surface area contributed by atoms with E-state index in [1.807, 2.05) is 19.9 Å². The van der Waals surface area contributed by atoms with Gasteiger partial charge in [0.1, 0.15) is 11.8 Å². The highest BCUT2D eigenvalue weighted by Crippen LogP contribution is 2.41. The van der Waals surface area contributed by atoms with E-state index in [2.05, 4.69) is 30.9 Å². The third kappa shape index (κ3) is 6.59. The number of nitrogens with zero attached hydrogens (tertiary/aromatic N) is 4. The lowest BCUT2D eigenvalue weighted by Crippen LogP contribution is -2.00. The normalized spacial score (nSPS) is 11.2. The summed E-state index contributed by atoms with van der Waals surface area (Å²) >= 11 is 31.3. The Balaban J connectivity index is 0.000000293. The predicted octanol–water partition coefficient (Wildman–Crippen LogP) is 6.50. The van der Waals surface area contributed by atoms with Crippen LogP contribution in [0.15, 0.2) is 10.5 Å². The zero-order valence-electron chi connectivity index (χ0n) is 12.8. The molecule has 25 heavy (non-hydrogen) atoms. The summed E-state index contributed by atoms with van der Waals surface area (Å²) in [6.45, 7) is 4.20. The number of hydrogen-bond acceptors (Lipinski definition) is 5. The third-order valence-corrected chi connectivity index (χ3v) is 4.38. The Morgan fingerprint density at radius 2 is 1.64 bits per heavy atom. The largest absolute Gasteiger partial charge is 0.492 e. The Bertz CT molecular complexity index is 747. The Morgan fingerprint density at radius 1 is 1.16 bits per heavy atom. The van der Waals surface area contributed by atoms with E-state index < -0.39 is 0 Å². The maximum Gasteiger partial charge on any atom is 0.227 e. The molecular weight excluding hydrogens is 497 g/mol. The molecule has 1 unspecified atom stereocenters. The molecule has 134 valence electrons. The highest BCUT2D eigenvalue weighted by molar-refractivity contribution is 9.10. The van der Waals surface area contributed by atoms with E-state index >= 15 is 0 Å². The zero-order chi connectivity index (χ0) is 19.1. The van der Waals surface area contributed by atoms with Crippen LogP contribution < -0.4 is 4.74 Å². The van der Waals surface area contributed by atoms with Crippen molar-refractivity contribution >= 4 is 73.9 Å². The van der Waals surface area contributed by atoms with E-state index in [0.29, 0.717) is 27.4 Å². The van der Waals surface area contributed by atoms with Gasteiger partial charge >= 0.3 is 0 Å². The lowest BCUT2D eigenvalue weighted by molar-refractivity contribution is 0.334. The van der Waals surface area contributed by atoms with Crippen molar-refractivity contribution in [2.45, 2.75) is 19.2 Å². The number of hydrogen-bond donors (Lipinski definition) is 0. The highest BCUT2D eigenvalue weighted by atomic mass is 79.9. The zero-order valence-corrected chi connectivity index (χ0v) is 18.2. The lowest BCUT2D eigenvalue weighted by atomic mass is 10.1. The maximum atomic E-state index is 8.97. The molecule has 2 aromatic rings. The molecule has 2 rings (SSSR count). The van der Waals surface area contributed by atoms with Crippen molar-refractivity contribution < 1.29 is 4.74 Å². The molecule has 1 heterocycles. The average Bonchev–Trinajstić information content (AvgIpc) is 2.49. The van der Waals surface area contributed by atoms with Crippen LogP contribution in [0, 0.1) is 11.3 Å². The molecule has 0 amide bonds. The van der Waals surface area contributed by atoms with Crippen LogP contribution in [0.25, 0.3) is 0 Å². The molecule has 11 heteroatoms. The molecule has 5 nitrogen and oxygen atoms in total. The summed E-state index contributed by atoms with van der Waals surface area (Å²) in [5, 5.41) is 9.11. The van der Waals surface area contributed by atoms with E-state index in [9.17, 15) is 0 Å². The standard InChI is InChI=1S/C11H10BrCl2NO.C3Cl3N3/c1-3-16-11-7(6(2)13)4-9(14)8(5-15)10(11)12;4-1-7-2(5)9-3(6)8-1/h4,6H,3H2,1-2H3;. The first-order chi connectivity index (χ1) is 11.7. The molecule has 0 radical (unpaired) electrons.